The Bertz CT molecular complexity index is 488. The fourth-order valence-corrected chi connectivity index (χ4v) is 1.68. The Balaban J connectivity index is 2.36. The van der Waals surface area contributed by atoms with Crippen molar-refractivity contribution in [2.24, 2.45) is 0 Å². The molecular weight excluding hydrogens is 244 g/mol. The highest BCUT2D eigenvalue weighted by molar-refractivity contribution is 6.25. The summed E-state index contributed by atoms with van der Waals surface area (Å²) in [5.74, 6) is -0.524. The van der Waals surface area contributed by atoms with Gasteiger partial charge in [0.15, 0.2) is 0 Å². The van der Waals surface area contributed by atoms with Crippen molar-refractivity contribution in [2.45, 2.75) is 25.7 Å². The molecule has 1 rings (SSSR count). The molecular formula is C14H16N2O3. The lowest BCUT2D eigenvalue weighted by Gasteiger charge is -2.02. The molecule has 0 amide bonds. The minimum atomic E-state index is -0.347. The normalized spacial score (nSPS) is 9.53. The quantitative estimate of drug-likeness (QED) is 0.247. The van der Waals surface area contributed by atoms with Gasteiger partial charge in [-0.3, -0.25) is 4.79 Å². The van der Waals surface area contributed by atoms with Gasteiger partial charge in [-0.2, -0.15) is 4.79 Å². The number of esters is 1. The van der Waals surface area contributed by atoms with Gasteiger partial charge in [0, 0.05) is 6.42 Å². The first-order valence-electron chi connectivity index (χ1n) is 6.05. The predicted molar refractivity (Wildman–Crippen MR) is 70.0 cm³/mol. The number of ether oxygens (including phenoxy) is 1. The maximum Gasteiger partial charge on any atom is 0.337 e. The molecule has 1 aromatic carbocycles. The second kappa shape index (κ2) is 7.95. The number of methoxy groups -OCH3 is 1. The van der Waals surface area contributed by atoms with Gasteiger partial charge in [-0.15, -0.1) is 0 Å². The van der Waals surface area contributed by atoms with Gasteiger partial charge in [0.2, 0.25) is 5.78 Å². The molecule has 0 aromatic heterocycles. The first-order valence-corrected chi connectivity index (χ1v) is 6.05. The number of hydrogen-bond acceptors (Lipinski definition) is 3. The zero-order chi connectivity index (χ0) is 14.1. The van der Waals surface area contributed by atoms with E-state index in [-0.39, 0.29) is 11.8 Å². The van der Waals surface area contributed by atoms with E-state index >= 15 is 0 Å². The number of hydrogen-bond donors (Lipinski definition) is 0. The molecule has 0 spiro atoms. The third-order valence-corrected chi connectivity index (χ3v) is 2.72. The summed E-state index contributed by atoms with van der Waals surface area (Å²) in [6.45, 7) is 0. The number of unbranched alkanes of at least 4 members (excludes halogenated alkanes) is 1. The first kappa shape index (κ1) is 14.8. The Hall–Kier alpha value is -2.26. The summed E-state index contributed by atoms with van der Waals surface area (Å²) < 4.78 is 4.61. The molecule has 5 nitrogen and oxygen atoms in total. The van der Waals surface area contributed by atoms with Crippen molar-refractivity contribution >= 4 is 18.0 Å². The smallest absolute Gasteiger partial charge is 0.337 e. The summed E-state index contributed by atoms with van der Waals surface area (Å²) in [5.41, 5.74) is 9.81. The highest BCUT2D eigenvalue weighted by Crippen LogP contribution is 2.09. The molecule has 1 aromatic rings. The number of carbonyl (C=O) groups is 2. The van der Waals surface area contributed by atoms with Crippen LogP contribution >= 0.6 is 0 Å². The summed E-state index contributed by atoms with van der Waals surface area (Å²) in [7, 11) is 1.35. The Morgan fingerprint density at radius 2 is 1.95 bits per heavy atom. The van der Waals surface area contributed by atoms with E-state index in [0.717, 1.165) is 31.0 Å². The van der Waals surface area contributed by atoms with Crippen molar-refractivity contribution < 1.29 is 19.1 Å². The van der Waals surface area contributed by atoms with Gasteiger partial charge in [0.1, 0.15) is 0 Å². The SMILES string of the molecule is COC(=O)c1ccc(CCCCC(=O)C=[N+]=[N-])cc1. The summed E-state index contributed by atoms with van der Waals surface area (Å²) in [5, 5.41) is 0. The second-order valence-corrected chi connectivity index (χ2v) is 4.11. The van der Waals surface area contributed by atoms with Crippen molar-refractivity contribution in [1.29, 1.82) is 0 Å². The molecule has 0 aliphatic rings. The summed E-state index contributed by atoms with van der Waals surface area (Å²) in [6.07, 6.45) is 3.74. The molecule has 100 valence electrons. The summed E-state index contributed by atoms with van der Waals surface area (Å²) in [4.78, 5) is 25.0. The summed E-state index contributed by atoms with van der Waals surface area (Å²) in [6, 6.07) is 7.21. The summed E-state index contributed by atoms with van der Waals surface area (Å²) >= 11 is 0. The van der Waals surface area contributed by atoms with E-state index in [1.165, 1.54) is 7.11 Å². The van der Waals surface area contributed by atoms with Crippen LogP contribution in [0.4, 0.5) is 0 Å². The third-order valence-electron chi connectivity index (χ3n) is 2.72. The van der Waals surface area contributed by atoms with E-state index in [1.807, 2.05) is 12.1 Å². The van der Waals surface area contributed by atoms with E-state index in [0.29, 0.717) is 12.0 Å². The van der Waals surface area contributed by atoms with Crippen LogP contribution in [0.5, 0.6) is 0 Å². The second-order valence-electron chi connectivity index (χ2n) is 4.11. The van der Waals surface area contributed by atoms with E-state index in [2.05, 4.69) is 9.53 Å². The van der Waals surface area contributed by atoms with Crippen molar-refractivity contribution in [2.75, 3.05) is 7.11 Å². The Labute approximate surface area is 111 Å². The van der Waals surface area contributed by atoms with E-state index in [4.69, 9.17) is 5.53 Å². The van der Waals surface area contributed by atoms with Crippen LogP contribution in [-0.2, 0) is 16.0 Å². The van der Waals surface area contributed by atoms with Gasteiger partial charge < -0.3 is 10.3 Å². The van der Waals surface area contributed by atoms with Crippen LogP contribution < -0.4 is 0 Å². The molecule has 0 aliphatic carbocycles. The van der Waals surface area contributed by atoms with Crippen LogP contribution in [0.15, 0.2) is 24.3 Å². The molecule has 19 heavy (non-hydrogen) atoms. The van der Waals surface area contributed by atoms with Crippen molar-refractivity contribution in [3.8, 4) is 0 Å². The molecule has 0 heterocycles. The lowest BCUT2D eigenvalue weighted by atomic mass is 10.0. The minimum Gasteiger partial charge on any atom is -0.465 e. The maximum atomic E-state index is 11.2. The van der Waals surface area contributed by atoms with Crippen molar-refractivity contribution in [1.82, 2.24) is 0 Å². The van der Waals surface area contributed by atoms with Crippen LogP contribution in [0, 0.1) is 0 Å². The molecule has 0 saturated carbocycles. The van der Waals surface area contributed by atoms with Gasteiger partial charge >= 0.3 is 12.2 Å². The highest BCUT2D eigenvalue weighted by Gasteiger charge is 2.05. The zero-order valence-electron chi connectivity index (χ0n) is 10.8. The fourth-order valence-electron chi connectivity index (χ4n) is 1.68. The first-order chi connectivity index (χ1) is 9.17. The lowest BCUT2D eigenvalue weighted by molar-refractivity contribution is -0.116. The molecule has 0 radical (unpaired) electrons. The Kier molecular flexibility index (Phi) is 6.19. The minimum absolute atomic E-state index is 0.177. The van der Waals surface area contributed by atoms with Crippen LogP contribution in [0.3, 0.4) is 0 Å². The number of aryl methyl sites for hydroxylation is 1. The molecule has 5 heteroatoms. The number of rotatable bonds is 7. The molecule has 0 N–H and O–H groups in total. The molecule has 0 unspecified atom stereocenters. The topological polar surface area (TPSA) is 79.8 Å². The molecule has 0 aliphatic heterocycles. The molecule has 0 bridgehead atoms. The lowest BCUT2D eigenvalue weighted by Crippen LogP contribution is -2.01. The molecule has 0 saturated heterocycles. The van der Waals surface area contributed by atoms with E-state index < -0.39 is 0 Å². The van der Waals surface area contributed by atoms with Crippen LogP contribution in [0.2, 0.25) is 0 Å². The third kappa shape index (κ3) is 5.27. The number of ketones is 1. The monoisotopic (exact) mass is 260 g/mol. The molecule has 0 atom stereocenters. The van der Waals surface area contributed by atoms with Gasteiger partial charge in [-0.25, -0.2) is 4.79 Å². The number of Topliss-reactive ketones (excluding diaryl/α,β-unsaturated/α-hetero) is 1. The highest BCUT2D eigenvalue weighted by atomic mass is 16.5. The van der Waals surface area contributed by atoms with Gasteiger partial charge in [-0.05, 0) is 37.0 Å². The number of carbonyl (C=O) groups excluding carboxylic acids is 2. The molecule has 0 fully saturated rings. The maximum absolute atomic E-state index is 11.2. The van der Waals surface area contributed by atoms with Gasteiger partial charge in [0.25, 0.3) is 0 Å². The standard InChI is InChI=1S/C14H16N2O3/c1-19-14(18)12-8-6-11(7-9-12)4-2-3-5-13(17)10-16-15/h6-10H,2-5H2,1H3. The average molecular weight is 260 g/mol. The van der Waals surface area contributed by atoms with E-state index in [9.17, 15) is 9.59 Å². The van der Waals surface area contributed by atoms with Crippen LogP contribution in [0.1, 0.15) is 35.2 Å². The van der Waals surface area contributed by atoms with Gasteiger partial charge in [-0.1, -0.05) is 12.1 Å². The zero-order valence-corrected chi connectivity index (χ0v) is 10.8. The fraction of sp³-hybridized carbons (Fsp3) is 0.357. The van der Waals surface area contributed by atoms with Crippen molar-refractivity contribution in [3.63, 3.8) is 0 Å². The predicted octanol–water partition coefficient (Wildman–Crippen LogP) is 2.06. The average Bonchev–Trinajstić information content (AvgIpc) is 2.44. The van der Waals surface area contributed by atoms with Gasteiger partial charge in [0.05, 0.1) is 12.7 Å². The Morgan fingerprint density at radius 3 is 2.53 bits per heavy atom. The number of nitrogens with zero attached hydrogens (tertiary/aromatic N) is 2. The largest absolute Gasteiger partial charge is 0.465 e. The van der Waals surface area contributed by atoms with Crippen molar-refractivity contribution in [3.05, 3.63) is 40.9 Å². The number of benzene rings is 1. The Morgan fingerprint density at radius 1 is 1.26 bits per heavy atom. The van der Waals surface area contributed by atoms with Crippen LogP contribution in [-0.4, -0.2) is 29.9 Å². The van der Waals surface area contributed by atoms with E-state index in [1.54, 1.807) is 12.1 Å². The van der Waals surface area contributed by atoms with Crippen LogP contribution in [0.25, 0.3) is 5.53 Å².